The van der Waals surface area contributed by atoms with E-state index in [1.165, 1.54) is 0 Å². The van der Waals surface area contributed by atoms with E-state index in [-0.39, 0.29) is 5.41 Å². The monoisotopic (exact) mass is 94.1 g/mol. The molecule has 0 amide bonds. The Morgan fingerprint density at radius 3 is 2.43 bits per heavy atom. The highest BCUT2D eigenvalue weighted by Crippen LogP contribution is 2.17. The second-order valence-corrected chi connectivity index (χ2v) is 2.28. The molecule has 0 aromatic carbocycles. The van der Waals surface area contributed by atoms with Gasteiger partial charge in [-0.25, -0.2) is 0 Å². The molecule has 1 aliphatic heterocycles. The lowest BCUT2D eigenvalue weighted by Crippen LogP contribution is -2.03. The normalized spacial score (nSPS) is 23.7. The Kier molecular flexibility index (Phi) is 0.775. The van der Waals surface area contributed by atoms with Gasteiger partial charge in [0.1, 0.15) is 0 Å². The van der Waals surface area contributed by atoms with Gasteiger partial charge in [-0.2, -0.15) is 0 Å². The Bertz CT molecular complexity index is 106. The average molecular weight is 94.1 g/mol. The van der Waals surface area contributed by atoms with E-state index >= 15 is 0 Å². The van der Waals surface area contributed by atoms with Gasteiger partial charge in [-0.15, -0.1) is 0 Å². The molecule has 0 aromatic heterocycles. The van der Waals surface area contributed by atoms with Gasteiger partial charge >= 0.3 is 0 Å². The van der Waals surface area contributed by atoms with Crippen LogP contribution in [0.1, 0.15) is 13.8 Å². The van der Waals surface area contributed by atoms with Gasteiger partial charge in [0.25, 0.3) is 0 Å². The fraction of sp³-hybridized carbons (Fsp3) is 0.500. The first-order chi connectivity index (χ1) is 3.21. The molecule has 1 heteroatoms. The highest BCUT2D eigenvalue weighted by atomic mass is 14.7. The van der Waals surface area contributed by atoms with Gasteiger partial charge in [0.2, 0.25) is 0 Å². The first-order valence-corrected chi connectivity index (χ1v) is 2.35. The molecule has 0 N–H and O–H groups in total. The minimum absolute atomic E-state index is 0.0972. The summed E-state index contributed by atoms with van der Waals surface area (Å²) in [5, 5.41) is 0. The number of nitrogens with zero attached hydrogens (tertiary/aromatic N) is 1. The largest absolute Gasteiger partial charge is 0.259 e. The van der Waals surface area contributed by atoms with E-state index in [2.05, 4.69) is 25.1 Å². The summed E-state index contributed by atoms with van der Waals surface area (Å²) < 4.78 is 0. The zero-order valence-corrected chi connectivity index (χ0v) is 4.60. The minimum Gasteiger partial charge on any atom is -0.259 e. The first kappa shape index (κ1) is 4.57. The van der Waals surface area contributed by atoms with Crippen LogP contribution in [-0.4, -0.2) is 6.21 Å². The van der Waals surface area contributed by atoms with Crippen LogP contribution >= 0.6 is 0 Å². The lowest BCUT2D eigenvalue weighted by molar-refractivity contribution is 0.706. The first-order valence-electron chi connectivity index (χ1n) is 2.35. The molecule has 0 saturated carbocycles. The van der Waals surface area contributed by atoms with Gasteiger partial charge in [-0.05, 0) is 0 Å². The lowest BCUT2D eigenvalue weighted by Gasteiger charge is -2.04. The summed E-state index contributed by atoms with van der Waals surface area (Å²) in [6, 6.07) is 0. The van der Waals surface area contributed by atoms with Crippen LogP contribution in [0.15, 0.2) is 17.3 Å². The molecule has 0 aromatic rings. The van der Waals surface area contributed by atoms with Crippen LogP contribution in [0.4, 0.5) is 0 Å². The molecule has 1 rings (SSSR count). The Balaban J connectivity index is 2.77. The molecule has 0 bridgehead atoms. The highest BCUT2D eigenvalue weighted by Gasteiger charge is 2.12. The molecule has 0 saturated heterocycles. The van der Waals surface area contributed by atoms with Crippen molar-refractivity contribution in [2.24, 2.45) is 10.4 Å². The van der Waals surface area contributed by atoms with Gasteiger partial charge < -0.3 is 0 Å². The van der Waals surface area contributed by atoms with Crippen LogP contribution < -0.4 is 0 Å². The Morgan fingerprint density at radius 2 is 2.29 bits per heavy atom. The van der Waals surface area contributed by atoms with Crippen molar-refractivity contribution in [3.05, 3.63) is 12.3 Å². The number of rotatable bonds is 0. The molecule has 0 unspecified atom stereocenters. The fourth-order valence-corrected chi connectivity index (χ4v) is 0.465. The molecule has 0 spiro atoms. The summed E-state index contributed by atoms with van der Waals surface area (Å²) in [5.41, 5.74) is 0.0972. The van der Waals surface area contributed by atoms with Gasteiger partial charge in [0.05, 0.1) is 6.21 Å². The van der Waals surface area contributed by atoms with Crippen LogP contribution in [0.3, 0.4) is 0 Å². The van der Waals surface area contributed by atoms with Crippen molar-refractivity contribution < 1.29 is 0 Å². The Morgan fingerprint density at radius 1 is 1.57 bits per heavy atom. The van der Waals surface area contributed by atoms with Crippen LogP contribution in [0.2, 0.25) is 0 Å². The average Bonchev–Trinajstić information content (AvgIpc) is 1.84. The standard InChI is InChI=1S/C6H8N/c1-6(2)3-4-7-5-6/h3-4H,1-2H3. The summed E-state index contributed by atoms with van der Waals surface area (Å²) in [5.74, 6) is 0. The minimum atomic E-state index is 0.0972. The predicted octanol–water partition coefficient (Wildman–Crippen LogP) is 1.49. The molecule has 1 radical (unpaired) electrons. The molecule has 37 valence electrons. The third-order valence-electron chi connectivity index (χ3n) is 0.918. The maximum Gasteiger partial charge on any atom is 0.0721 e. The van der Waals surface area contributed by atoms with Gasteiger partial charge in [-0.3, -0.25) is 4.99 Å². The van der Waals surface area contributed by atoms with Crippen LogP contribution in [0.5, 0.6) is 0 Å². The summed E-state index contributed by atoms with van der Waals surface area (Å²) in [4.78, 5) is 3.81. The van der Waals surface area contributed by atoms with E-state index < -0.39 is 0 Å². The van der Waals surface area contributed by atoms with Crippen LogP contribution in [-0.2, 0) is 0 Å². The summed E-state index contributed by atoms with van der Waals surface area (Å²) in [6.45, 7) is 4.14. The Hall–Kier alpha value is -0.590. The molecule has 1 aliphatic rings. The van der Waals surface area contributed by atoms with Crippen LogP contribution in [0, 0.1) is 5.41 Å². The van der Waals surface area contributed by atoms with E-state index in [0.29, 0.717) is 0 Å². The predicted molar refractivity (Wildman–Crippen MR) is 30.4 cm³/mol. The van der Waals surface area contributed by atoms with E-state index in [1.54, 1.807) is 6.20 Å². The molecule has 1 heterocycles. The highest BCUT2D eigenvalue weighted by molar-refractivity contribution is 5.70. The van der Waals surface area contributed by atoms with Gasteiger partial charge in [-0.1, -0.05) is 19.9 Å². The topological polar surface area (TPSA) is 12.4 Å². The molecular formula is C6H8N. The van der Waals surface area contributed by atoms with Crippen molar-refractivity contribution in [2.45, 2.75) is 13.8 Å². The Labute approximate surface area is 43.8 Å². The van der Waals surface area contributed by atoms with Crippen molar-refractivity contribution in [3.63, 3.8) is 0 Å². The fourth-order valence-electron chi connectivity index (χ4n) is 0.465. The van der Waals surface area contributed by atoms with Gasteiger partial charge in [0.15, 0.2) is 0 Å². The van der Waals surface area contributed by atoms with Crippen molar-refractivity contribution in [3.8, 4) is 0 Å². The molecule has 0 atom stereocenters. The van der Waals surface area contributed by atoms with E-state index in [9.17, 15) is 0 Å². The second-order valence-electron chi connectivity index (χ2n) is 2.28. The second kappa shape index (κ2) is 1.19. The lowest BCUT2D eigenvalue weighted by atomic mass is 9.97. The summed E-state index contributed by atoms with van der Waals surface area (Å²) in [7, 11) is 0. The van der Waals surface area contributed by atoms with Crippen molar-refractivity contribution in [2.75, 3.05) is 0 Å². The number of aliphatic imine (C=N–C) groups is 1. The molecule has 0 fully saturated rings. The smallest absolute Gasteiger partial charge is 0.0721 e. The third-order valence-corrected chi connectivity index (χ3v) is 0.918. The van der Waals surface area contributed by atoms with Crippen LogP contribution in [0.25, 0.3) is 0 Å². The van der Waals surface area contributed by atoms with Crippen molar-refractivity contribution in [1.82, 2.24) is 0 Å². The molecule has 1 nitrogen and oxygen atoms in total. The van der Waals surface area contributed by atoms with E-state index in [1.807, 2.05) is 6.08 Å². The van der Waals surface area contributed by atoms with Crippen molar-refractivity contribution in [1.29, 1.82) is 0 Å². The summed E-state index contributed by atoms with van der Waals surface area (Å²) >= 11 is 0. The number of hydrogen-bond donors (Lipinski definition) is 0. The number of hydrogen-bond acceptors (Lipinski definition) is 1. The SMILES string of the molecule is CC1(C)[C]=NC=C1. The maximum atomic E-state index is 3.81. The van der Waals surface area contributed by atoms with E-state index in [4.69, 9.17) is 0 Å². The summed E-state index contributed by atoms with van der Waals surface area (Å²) in [6.07, 6.45) is 6.71. The molecule has 7 heavy (non-hydrogen) atoms. The number of allylic oxidation sites excluding steroid dienone is 1. The third kappa shape index (κ3) is 0.889. The van der Waals surface area contributed by atoms with Gasteiger partial charge in [0, 0.05) is 11.6 Å². The zero-order chi connectivity index (χ0) is 5.33. The van der Waals surface area contributed by atoms with E-state index in [0.717, 1.165) is 0 Å². The maximum absolute atomic E-state index is 3.81. The quantitative estimate of drug-likeness (QED) is 0.431. The molecule has 0 aliphatic carbocycles. The molecular weight excluding hydrogens is 86.1 g/mol. The van der Waals surface area contributed by atoms with Crippen molar-refractivity contribution >= 4 is 6.21 Å². The zero-order valence-electron chi connectivity index (χ0n) is 4.60.